The summed E-state index contributed by atoms with van der Waals surface area (Å²) in [6.07, 6.45) is 1.76. The van der Waals surface area contributed by atoms with Gasteiger partial charge in [0.2, 0.25) is 0 Å². The maximum absolute atomic E-state index is 10.7. The van der Waals surface area contributed by atoms with Crippen LogP contribution in [-0.4, -0.2) is 35.0 Å². The molecule has 27 heavy (non-hydrogen) atoms. The molecule has 0 aliphatic heterocycles. The van der Waals surface area contributed by atoms with E-state index in [0.29, 0.717) is 23.7 Å². The first-order chi connectivity index (χ1) is 13.0. The molecule has 2 aromatic carbocycles. The van der Waals surface area contributed by atoms with E-state index in [2.05, 4.69) is 14.6 Å². The number of fused-ring (bicyclic) bond motifs is 1. The molecule has 3 rings (SSSR count). The van der Waals surface area contributed by atoms with Crippen LogP contribution < -0.4 is 19.1 Å². The third-order valence-electron chi connectivity index (χ3n) is 4.21. The highest BCUT2D eigenvalue weighted by Crippen LogP contribution is 2.35. The van der Waals surface area contributed by atoms with Crippen LogP contribution in [-0.2, 0) is 17.8 Å². The van der Waals surface area contributed by atoms with E-state index in [4.69, 9.17) is 9.47 Å². The molecule has 0 radical (unpaired) electrons. The molecule has 1 unspecified atom stereocenters. The minimum absolute atomic E-state index is 0.529. The predicted molar refractivity (Wildman–Crippen MR) is 106 cm³/mol. The molecule has 0 aliphatic rings. The van der Waals surface area contributed by atoms with E-state index in [1.54, 1.807) is 32.5 Å². The van der Waals surface area contributed by atoms with Gasteiger partial charge in [-0.25, -0.2) is 0 Å². The van der Waals surface area contributed by atoms with E-state index in [1.807, 2.05) is 37.4 Å². The third kappa shape index (κ3) is 4.29. The Morgan fingerprint density at radius 2 is 1.78 bits per heavy atom. The fourth-order valence-electron chi connectivity index (χ4n) is 2.92. The fourth-order valence-corrected chi connectivity index (χ4v) is 3.25. The van der Waals surface area contributed by atoms with Gasteiger partial charge in [-0.2, -0.15) is 0 Å². The van der Waals surface area contributed by atoms with E-state index in [9.17, 15) is 8.76 Å². The van der Waals surface area contributed by atoms with E-state index >= 15 is 0 Å². The first-order valence-corrected chi connectivity index (χ1v) is 9.26. The van der Waals surface area contributed by atoms with Crippen LogP contribution in [0.3, 0.4) is 0 Å². The Balaban J connectivity index is 1.89. The number of aromatic nitrogens is 1. The van der Waals surface area contributed by atoms with Crippen LogP contribution in [0.5, 0.6) is 11.5 Å². The smallest absolute Gasteiger partial charge is 0.162 e. The summed E-state index contributed by atoms with van der Waals surface area (Å²) in [6.45, 7) is 0.647. The van der Waals surface area contributed by atoms with Crippen molar-refractivity contribution in [3.63, 3.8) is 0 Å². The lowest BCUT2D eigenvalue weighted by atomic mass is 10.1. The van der Waals surface area contributed by atoms with Crippen LogP contribution in [0.2, 0.25) is 0 Å². The van der Waals surface area contributed by atoms with Crippen molar-refractivity contribution in [1.82, 2.24) is 4.98 Å². The zero-order chi connectivity index (χ0) is 19.4. The second-order valence-corrected chi connectivity index (χ2v) is 6.62. The molecular formula is C19H20N3O4S-. The predicted octanol–water partition coefficient (Wildman–Crippen LogP) is 3.09. The SMILES string of the molecule is COc1cc2nccc(N(C)Cc3ccc(NS(=O)[O-])cc3)c2cc1OC. The van der Waals surface area contributed by atoms with E-state index in [-0.39, 0.29) is 0 Å². The number of hydrogen-bond donors (Lipinski definition) is 1. The van der Waals surface area contributed by atoms with Crippen LogP contribution in [0.15, 0.2) is 48.7 Å². The molecule has 1 N–H and O–H groups in total. The van der Waals surface area contributed by atoms with Crippen molar-refractivity contribution < 1.29 is 18.2 Å². The molecule has 0 amide bonds. The van der Waals surface area contributed by atoms with Gasteiger partial charge in [-0.05, 0) is 29.8 Å². The van der Waals surface area contributed by atoms with Crippen molar-refractivity contribution >= 4 is 33.5 Å². The van der Waals surface area contributed by atoms with Crippen molar-refractivity contribution in [2.24, 2.45) is 0 Å². The van der Waals surface area contributed by atoms with Gasteiger partial charge in [-0.1, -0.05) is 12.1 Å². The van der Waals surface area contributed by atoms with Gasteiger partial charge >= 0.3 is 0 Å². The van der Waals surface area contributed by atoms with Gasteiger partial charge in [0.15, 0.2) is 11.5 Å². The molecular weight excluding hydrogens is 366 g/mol. The second kappa shape index (κ2) is 8.24. The summed E-state index contributed by atoms with van der Waals surface area (Å²) in [6, 6.07) is 13.0. The zero-order valence-corrected chi connectivity index (χ0v) is 16.1. The zero-order valence-electron chi connectivity index (χ0n) is 15.3. The number of anilines is 2. The minimum atomic E-state index is -2.32. The summed E-state index contributed by atoms with van der Waals surface area (Å²) in [5.74, 6) is 1.28. The summed E-state index contributed by atoms with van der Waals surface area (Å²) < 4.78 is 34.5. The average molecular weight is 386 g/mol. The highest BCUT2D eigenvalue weighted by Gasteiger charge is 2.12. The molecule has 0 fully saturated rings. The highest BCUT2D eigenvalue weighted by molar-refractivity contribution is 7.80. The molecule has 7 nitrogen and oxygen atoms in total. The molecule has 142 valence electrons. The van der Waals surface area contributed by atoms with Crippen molar-refractivity contribution in [1.29, 1.82) is 0 Å². The van der Waals surface area contributed by atoms with Gasteiger partial charge in [0.25, 0.3) is 0 Å². The molecule has 1 atom stereocenters. The third-order valence-corrected chi connectivity index (χ3v) is 4.61. The number of methoxy groups -OCH3 is 2. The molecule has 0 aliphatic carbocycles. The first kappa shape index (κ1) is 18.9. The Morgan fingerprint density at radius 1 is 1.11 bits per heavy atom. The van der Waals surface area contributed by atoms with Crippen LogP contribution in [0.25, 0.3) is 10.9 Å². The summed E-state index contributed by atoms with van der Waals surface area (Å²) in [5, 5.41) is 0.956. The Hall–Kier alpha value is -2.84. The maximum atomic E-state index is 10.7. The van der Waals surface area contributed by atoms with Gasteiger partial charge in [-0.15, -0.1) is 0 Å². The van der Waals surface area contributed by atoms with Crippen molar-refractivity contribution in [3.8, 4) is 11.5 Å². The summed E-state index contributed by atoms with van der Waals surface area (Å²) in [7, 11) is 5.19. The largest absolute Gasteiger partial charge is 0.755 e. The molecule has 0 spiro atoms. The van der Waals surface area contributed by atoms with Gasteiger partial charge in [0, 0.05) is 53.9 Å². The second-order valence-electron chi connectivity index (χ2n) is 5.94. The van der Waals surface area contributed by atoms with Crippen LogP contribution in [0.1, 0.15) is 5.56 Å². The van der Waals surface area contributed by atoms with E-state index in [1.165, 1.54) is 0 Å². The molecule has 1 heterocycles. The number of nitrogens with zero attached hydrogens (tertiary/aromatic N) is 2. The Labute approximate surface area is 160 Å². The van der Waals surface area contributed by atoms with Crippen LogP contribution >= 0.6 is 0 Å². The molecule has 0 bridgehead atoms. The number of rotatable bonds is 7. The highest BCUT2D eigenvalue weighted by atomic mass is 32.2. The Kier molecular flexibility index (Phi) is 5.78. The van der Waals surface area contributed by atoms with Gasteiger partial charge < -0.3 is 23.6 Å². The average Bonchev–Trinajstić information content (AvgIpc) is 2.67. The number of nitrogens with one attached hydrogen (secondary N) is 1. The lowest BCUT2D eigenvalue weighted by Gasteiger charge is -2.22. The van der Waals surface area contributed by atoms with Gasteiger partial charge in [0.05, 0.1) is 19.7 Å². The lowest BCUT2D eigenvalue weighted by Crippen LogP contribution is -2.17. The van der Waals surface area contributed by atoms with Crippen LogP contribution in [0, 0.1) is 0 Å². The van der Waals surface area contributed by atoms with Gasteiger partial charge in [0.1, 0.15) is 0 Å². The lowest BCUT2D eigenvalue weighted by molar-refractivity contribution is 0.356. The molecule has 0 saturated carbocycles. The van der Waals surface area contributed by atoms with Crippen molar-refractivity contribution in [2.75, 3.05) is 30.9 Å². The Bertz CT molecular complexity index is 963. The summed E-state index contributed by atoms with van der Waals surface area (Å²) in [4.78, 5) is 6.53. The maximum Gasteiger partial charge on any atom is 0.162 e. The normalized spacial score (nSPS) is 11.9. The van der Waals surface area contributed by atoms with E-state index < -0.39 is 11.3 Å². The number of pyridine rings is 1. The van der Waals surface area contributed by atoms with Crippen LogP contribution in [0.4, 0.5) is 11.4 Å². The fraction of sp³-hybridized carbons (Fsp3) is 0.211. The van der Waals surface area contributed by atoms with Crippen molar-refractivity contribution in [3.05, 3.63) is 54.2 Å². The molecule has 8 heteroatoms. The van der Waals surface area contributed by atoms with Gasteiger partial charge in [-0.3, -0.25) is 9.19 Å². The van der Waals surface area contributed by atoms with Crippen molar-refractivity contribution in [2.45, 2.75) is 6.54 Å². The molecule has 1 aromatic heterocycles. The number of benzene rings is 2. The van der Waals surface area contributed by atoms with E-state index in [0.717, 1.165) is 22.2 Å². The number of hydrogen-bond acceptors (Lipinski definition) is 6. The monoisotopic (exact) mass is 386 g/mol. The summed E-state index contributed by atoms with van der Waals surface area (Å²) >= 11 is -2.32. The standard InChI is InChI=1S/C19H21N3O4S/c1-22(12-13-4-6-14(7-5-13)21-27(23)24)17-8-9-20-16-11-19(26-3)18(25-2)10-15(16)17/h4-11,21H,12H2,1-3H3,(H,23,24)/p-1. The topological polar surface area (TPSA) is 86.8 Å². The summed E-state index contributed by atoms with van der Waals surface area (Å²) in [5.41, 5.74) is 3.39. The Morgan fingerprint density at radius 3 is 2.41 bits per heavy atom. The minimum Gasteiger partial charge on any atom is -0.755 e. The molecule has 0 saturated heterocycles. The number of ether oxygens (including phenoxy) is 2. The molecule has 3 aromatic rings. The first-order valence-electron chi connectivity index (χ1n) is 8.18. The quantitative estimate of drug-likeness (QED) is 0.628.